The molecule has 0 bridgehead atoms. The van der Waals surface area contributed by atoms with Gasteiger partial charge in [-0.05, 0) is 6.07 Å². The van der Waals surface area contributed by atoms with Crippen LogP contribution < -0.4 is 0 Å². The second-order valence-electron chi connectivity index (χ2n) is 1.55. The number of carboxylic acids is 1. The zero-order valence-electron chi connectivity index (χ0n) is 4.41. The van der Waals surface area contributed by atoms with Crippen molar-refractivity contribution in [2.24, 2.45) is 0 Å². The van der Waals surface area contributed by atoms with Gasteiger partial charge in [0.05, 0.1) is 21.7 Å². The summed E-state index contributed by atoms with van der Waals surface area (Å²) >= 11 is 3.05. The van der Waals surface area contributed by atoms with Crippen molar-refractivity contribution in [2.45, 2.75) is 0 Å². The molecule has 0 aromatic carbocycles. The Kier molecular flexibility index (Phi) is 1.57. The molecule has 1 rings (SSSR count). The first-order chi connectivity index (χ1) is 4.20. The third-order valence-electron chi connectivity index (χ3n) is 0.906. The third kappa shape index (κ3) is 1.32. The van der Waals surface area contributed by atoms with Crippen LogP contribution in [0.1, 0.15) is 10.4 Å². The maximum absolute atomic E-state index is 10.2. The van der Waals surface area contributed by atoms with Crippen LogP contribution in [0.5, 0.6) is 0 Å². The molecule has 0 aliphatic carbocycles. The minimum absolute atomic E-state index is 0.284. The topological polar surface area (TPSA) is 42.2 Å². The lowest BCUT2D eigenvalue weighted by atomic mass is 10.4. The molecule has 0 atom stereocenters. The summed E-state index contributed by atoms with van der Waals surface area (Å²) in [6.45, 7) is 0. The van der Waals surface area contributed by atoms with E-state index >= 15 is 0 Å². The van der Waals surface area contributed by atoms with Gasteiger partial charge >= 0.3 is 5.97 Å². The number of rotatable bonds is 1. The molecule has 0 fully saturated rings. The minimum atomic E-state index is -0.909. The summed E-state index contributed by atoms with van der Waals surface area (Å²) in [5.74, 6) is -0.909. The monoisotopic (exact) mass is 189 g/mol. The lowest BCUT2D eigenvalue weighted by Gasteiger charge is -1.81. The van der Waals surface area contributed by atoms with Crippen molar-refractivity contribution in [3.63, 3.8) is 0 Å². The highest BCUT2D eigenvalue weighted by Gasteiger charge is 2.01. The number of carbonyl (C=O) groups is 1. The summed E-state index contributed by atoms with van der Waals surface area (Å²) in [6, 6.07) is 1.51. The van der Waals surface area contributed by atoms with Crippen LogP contribution in [0.4, 0.5) is 0 Å². The standard InChI is InChI=1S/C5H4BrNO2/c6-7-2-1-4(3-7)5(8)9/h1-3H,(H,8,9). The predicted octanol–water partition coefficient (Wildman–Crippen LogP) is 1.34. The van der Waals surface area contributed by atoms with Crippen LogP contribution in [-0.4, -0.2) is 14.7 Å². The number of halogens is 1. The van der Waals surface area contributed by atoms with E-state index < -0.39 is 5.97 Å². The van der Waals surface area contributed by atoms with E-state index in [2.05, 4.69) is 16.1 Å². The normalized spacial score (nSPS) is 9.44. The molecule has 4 heteroatoms. The minimum Gasteiger partial charge on any atom is -0.478 e. The molecule has 9 heavy (non-hydrogen) atoms. The fourth-order valence-corrected chi connectivity index (χ4v) is 0.836. The van der Waals surface area contributed by atoms with E-state index in [-0.39, 0.29) is 5.56 Å². The molecule has 1 heterocycles. The molecule has 0 aliphatic rings. The molecule has 0 amide bonds. The highest BCUT2D eigenvalue weighted by Crippen LogP contribution is 2.02. The van der Waals surface area contributed by atoms with Crippen LogP contribution in [0.15, 0.2) is 18.5 Å². The zero-order valence-corrected chi connectivity index (χ0v) is 6.00. The van der Waals surface area contributed by atoms with E-state index in [1.807, 2.05) is 0 Å². The quantitative estimate of drug-likeness (QED) is 0.725. The van der Waals surface area contributed by atoms with Crippen LogP contribution in [0.3, 0.4) is 0 Å². The van der Waals surface area contributed by atoms with Crippen LogP contribution in [0, 0.1) is 0 Å². The summed E-state index contributed by atoms with van der Waals surface area (Å²) in [5.41, 5.74) is 0.284. The summed E-state index contributed by atoms with van der Waals surface area (Å²) in [4.78, 5) is 10.2. The lowest BCUT2D eigenvalue weighted by Crippen LogP contribution is -1.91. The molecule has 48 valence electrons. The first-order valence-electron chi connectivity index (χ1n) is 2.27. The van der Waals surface area contributed by atoms with Gasteiger partial charge in [-0.15, -0.1) is 0 Å². The van der Waals surface area contributed by atoms with E-state index in [4.69, 9.17) is 5.11 Å². The molecule has 0 radical (unpaired) electrons. The predicted molar refractivity (Wildman–Crippen MR) is 35.7 cm³/mol. The molecule has 1 aromatic rings. The maximum atomic E-state index is 10.2. The second-order valence-corrected chi connectivity index (χ2v) is 2.37. The lowest BCUT2D eigenvalue weighted by molar-refractivity contribution is 0.0697. The molecule has 1 N–H and O–H groups in total. The molecule has 0 saturated heterocycles. The van der Waals surface area contributed by atoms with Crippen molar-refractivity contribution >= 4 is 22.1 Å². The number of hydrogen-bond donors (Lipinski definition) is 1. The molecule has 0 spiro atoms. The van der Waals surface area contributed by atoms with Gasteiger partial charge in [0.15, 0.2) is 0 Å². The molecule has 1 aromatic heterocycles. The fraction of sp³-hybridized carbons (Fsp3) is 0. The van der Waals surface area contributed by atoms with Crippen molar-refractivity contribution < 1.29 is 9.90 Å². The second kappa shape index (κ2) is 2.23. The van der Waals surface area contributed by atoms with E-state index in [0.29, 0.717) is 0 Å². The largest absolute Gasteiger partial charge is 0.478 e. The number of aromatic carboxylic acids is 1. The molecular formula is C5H4BrNO2. The van der Waals surface area contributed by atoms with Gasteiger partial charge in [-0.25, -0.2) is 4.79 Å². The molecule has 3 nitrogen and oxygen atoms in total. The highest BCUT2D eigenvalue weighted by molar-refractivity contribution is 9.08. The van der Waals surface area contributed by atoms with Gasteiger partial charge < -0.3 is 5.11 Å². The summed E-state index contributed by atoms with van der Waals surface area (Å²) in [7, 11) is 0. The van der Waals surface area contributed by atoms with E-state index in [0.717, 1.165) is 0 Å². The van der Waals surface area contributed by atoms with Crippen molar-refractivity contribution in [2.75, 3.05) is 0 Å². The number of aromatic nitrogens is 1. The van der Waals surface area contributed by atoms with Crippen LogP contribution in [-0.2, 0) is 0 Å². The van der Waals surface area contributed by atoms with Crippen LogP contribution in [0.25, 0.3) is 0 Å². The van der Waals surface area contributed by atoms with Gasteiger partial charge in [0.2, 0.25) is 0 Å². The Morgan fingerprint density at radius 2 is 2.44 bits per heavy atom. The molecule has 0 unspecified atom stereocenters. The smallest absolute Gasteiger partial charge is 0.337 e. The summed E-state index contributed by atoms with van der Waals surface area (Å²) < 4.78 is 1.51. The van der Waals surface area contributed by atoms with E-state index in [9.17, 15) is 4.79 Å². The van der Waals surface area contributed by atoms with Crippen molar-refractivity contribution in [3.05, 3.63) is 24.0 Å². The Bertz CT molecular complexity index is 231. The van der Waals surface area contributed by atoms with Gasteiger partial charge in [-0.3, -0.25) is 3.59 Å². The number of carboxylic acid groups (broad SMARTS) is 1. The van der Waals surface area contributed by atoms with Gasteiger partial charge in [-0.1, -0.05) is 0 Å². The average Bonchev–Trinajstić information content (AvgIpc) is 2.14. The molecule has 0 saturated carbocycles. The van der Waals surface area contributed by atoms with Crippen LogP contribution in [0.2, 0.25) is 0 Å². The van der Waals surface area contributed by atoms with Crippen LogP contribution >= 0.6 is 16.1 Å². The summed E-state index contributed by atoms with van der Waals surface area (Å²) in [6.07, 6.45) is 3.09. The Balaban J connectivity index is 2.98. The van der Waals surface area contributed by atoms with Crippen molar-refractivity contribution in [3.8, 4) is 0 Å². The van der Waals surface area contributed by atoms with E-state index in [1.54, 1.807) is 6.20 Å². The van der Waals surface area contributed by atoms with Crippen molar-refractivity contribution in [1.82, 2.24) is 3.59 Å². The van der Waals surface area contributed by atoms with E-state index in [1.165, 1.54) is 15.9 Å². The van der Waals surface area contributed by atoms with Gasteiger partial charge in [0, 0.05) is 12.4 Å². The Labute approximate surface area is 60.2 Å². The SMILES string of the molecule is O=C(O)c1ccn(Br)c1. The highest BCUT2D eigenvalue weighted by atomic mass is 79.9. The summed E-state index contributed by atoms with van der Waals surface area (Å²) in [5, 5.41) is 8.36. The Morgan fingerprint density at radius 3 is 2.67 bits per heavy atom. The zero-order chi connectivity index (χ0) is 6.85. The number of nitrogens with zero attached hydrogens (tertiary/aromatic N) is 1. The van der Waals surface area contributed by atoms with Crippen molar-refractivity contribution in [1.29, 1.82) is 0 Å². The van der Waals surface area contributed by atoms with Gasteiger partial charge in [-0.2, -0.15) is 0 Å². The third-order valence-corrected chi connectivity index (χ3v) is 1.35. The average molecular weight is 190 g/mol. The molecule has 0 aliphatic heterocycles. The first-order valence-corrected chi connectivity index (χ1v) is 2.98. The van der Waals surface area contributed by atoms with Gasteiger partial charge in [0.1, 0.15) is 0 Å². The Hall–Kier alpha value is -0.770. The first kappa shape index (κ1) is 6.35. The molecular weight excluding hydrogens is 186 g/mol. The Morgan fingerprint density at radius 1 is 1.78 bits per heavy atom. The fourth-order valence-electron chi connectivity index (χ4n) is 0.497. The maximum Gasteiger partial charge on any atom is 0.337 e. The van der Waals surface area contributed by atoms with Gasteiger partial charge in [0.25, 0.3) is 0 Å². The number of hydrogen-bond acceptors (Lipinski definition) is 1.